The Hall–Kier alpha value is -2.94. The lowest BCUT2D eigenvalue weighted by molar-refractivity contribution is -0.137. The number of nitrogens with zero attached hydrogens (tertiary/aromatic N) is 1. The van der Waals surface area contributed by atoms with Gasteiger partial charge in [-0.05, 0) is 61.7 Å². The Morgan fingerprint density at radius 3 is 2.32 bits per heavy atom. The summed E-state index contributed by atoms with van der Waals surface area (Å²) in [4.78, 5) is 13.8. The van der Waals surface area contributed by atoms with Crippen LogP contribution >= 0.6 is 0 Å². The van der Waals surface area contributed by atoms with E-state index in [1.807, 2.05) is 31.2 Å². The van der Waals surface area contributed by atoms with E-state index < -0.39 is 23.4 Å². The minimum absolute atomic E-state index is 0.0435. The Morgan fingerprint density at radius 2 is 1.77 bits per heavy atom. The Balaban J connectivity index is 1.76. The number of alkyl halides is 3. The molecule has 6 nitrogen and oxygen atoms in total. The second kappa shape index (κ2) is 9.05. The fraction of sp³-hybridized carbons (Fsp3) is 0.409. The molecule has 1 aliphatic heterocycles. The van der Waals surface area contributed by atoms with Crippen LogP contribution in [0.3, 0.4) is 0 Å². The minimum atomic E-state index is -4.41. The van der Waals surface area contributed by atoms with Crippen LogP contribution in [0.25, 0.3) is 0 Å². The van der Waals surface area contributed by atoms with Crippen LogP contribution in [-0.2, 0) is 12.7 Å². The molecule has 1 saturated heterocycles. The average molecular weight is 437 g/mol. The third-order valence-corrected chi connectivity index (χ3v) is 5.55. The summed E-state index contributed by atoms with van der Waals surface area (Å²) in [5.74, 6) is 1.01. The van der Waals surface area contributed by atoms with Crippen molar-refractivity contribution in [1.29, 1.82) is 0 Å². The number of amides is 2. The smallest absolute Gasteiger partial charge is 0.416 e. The third-order valence-electron chi connectivity index (χ3n) is 5.55. The van der Waals surface area contributed by atoms with Gasteiger partial charge in [-0.3, -0.25) is 5.32 Å². The maximum atomic E-state index is 12.8. The van der Waals surface area contributed by atoms with E-state index in [2.05, 4.69) is 5.32 Å². The van der Waals surface area contributed by atoms with Gasteiger partial charge in [-0.2, -0.15) is 13.2 Å². The van der Waals surface area contributed by atoms with Crippen LogP contribution < -0.4 is 20.5 Å². The number of nitrogens with two attached hydrogens (primary N) is 1. The molecule has 2 unspecified atom stereocenters. The molecule has 0 bridgehead atoms. The van der Waals surface area contributed by atoms with Gasteiger partial charge < -0.3 is 20.1 Å². The number of carbonyl (C=O) groups is 1. The first-order chi connectivity index (χ1) is 14.6. The van der Waals surface area contributed by atoms with Crippen molar-refractivity contribution in [3.05, 3.63) is 59.7 Å². The highest BCUT2D eigenvalue weighted by Gasteiger charge is 2.47. The minimum Gasteiger partial charge on any atom is -0.497 e. The highest BCUT2D eigenvalue weighted by molar-refractivity contribution is 5.73. The quantitative estimate of drug-likeness (QED) is 0.683. The van der Waals surface area contributed by atoms with E-state index in [1.54, 1.807) is 12.0 Å². The first kappa shape index (κ1) is 22.7. The monoisotopic (exact) mass is 437 g/mol. The van der Waals surface area contributed by atoms with Gasteiger partial charge in [-0.25, -0.2) is 4.79 Å². The molecule has 0 aromatic heterocycles. The molecule has 1 aliphatic rings. The molecule has 1 fully saturated rings. The molecule has 0 spiro atoms. The summed E-state index contributed by atoms with van der Waals surface area (Å²) >= 11 is 0. The predicted molar refractivity (Wildman–Crippen MR) is 110 cm³/mol. The first-order valence-electron chi connectivity index (χ1n) is 9.91. The largest absolute Gasteiger partial charge is 0.497 e. The van der Waals surface area contributed by atoms with Gasteiger partial charge in [0.05, 0.1) is 12.7 Å². The molecule has 168 valence electrons. The van der Waals surface area contributed by atoms with Crippen molar-refractivity contribution in [3.8, 4) is 11.5 Å². The molecule has 2 atom stereocenters. The van der Waals surface area contributed by atoms with Crippen LogP contribution in [-0.4, -0.2) is 36.4 Å². The SMILES string of the molecule is COc1ccc(CNC2(COc3ccc(C(F)(F)F)cc3)CCC(C)N2C(N)=O)cc1. The maximum Gasteiger partial charge on any atom is 0.416 e. The van der Waals surface area contributed by atoms with E-state index >= 15 is 0 Å². The number of ether oxygens (including phenoxy) is 2. The van der Waals surface area contributed by atoms with Gasteiger partial charge in [-0.1, -0.05) is 12.1 Å². The Morgan fingerprint density at radius 1 is 1.16 bits per heavy atom. The second-order valence-corrected chi connectivity index (χ2v) is 7.64. The van der Waals surface area contributed by atoms with E-state index in [0.29, 0.717) is 13.0 Å². The molecule has 1 heterocycles. The number of hydrogen-bond acceptors (Lipinski definition) is 4. The summed E-state index contributed by atoms with van der Waals surface area (Å²) in [7, 11) is 1.59. The summed E-state index contributed by atoms with van der Waals surface area (Å²) in [5, 5.41) is 3.40. The Bertz CT molecular complexity index is 888. The average Bonchev–Trinajstić information content (AvgIpc) is 3.07. The molecule has 9 heteroatoms. The molecule has 0 radical (unpaired) electrons. The summed E-state index contributed by atoms with van der Waals surface area (Å²) < 4.78 is 49.3. The molecule has 0 saturated carbocycles. The number of benzene rings is 2. The number of hydrogen-bond donors (Lipinski definition) is 2. The van der Waals surface area contributed by atoms with Crippen molar-refractivity contribution in [2.75, 3.05) is 13.7 Å². The zero-order valence-electron chi connectivity index (χ0n) is 17.4. The normalized spacial score (nSPS) is 21.2. The van der Waals surface area contributed by atoms with Crippen LogP contribution in [0.5, 0.6) is 11.5 Å². The number of primary amides is 1. The van der Waals surface area contributed by atoms with E-state index in [9.17, 15) is 18.0 Å². The lowest BCUT2D eigenvalue weighted by Gasteiger charge is -2.40. The van der Waals surface area contributed by atoms with Gasteiger partial charge in [0.1, 0.15) is 23.8 Å². The van der Waals surface area contributed by atoms with Gasteiger partial charge in [0.15, 0.2) is 0 Å². The number of likely N-dealkylation sites (tertiary alicyclic amines) is 1. The summed E-state index contributed by atoms with van der Waals surface area (Å²) in [6.07, 6.45) is -3.11. The van der Waals surface area contributed by atoms with Crippen LogP contribution in [0.15, 0.2) is 48.5 Å². The van der Waals surface area contributed by atoms with Crippen LogP contribution in [0.4, 0.5) is 18.0 Å². The summed E-state index contributed by atoms with van der Waals surface area (Å²) in [6.45, 7) is 2.39. The van der Waals surface area contributed by atoms with Crippen molar-refractivity contribution in [2.45, 2.75) is 44.2 Å². The number of urea groups is 1. The maximum absolute atomic E-state index is 12.8. The standard InChI is InChI=1S/C22H26F3N3O3/c1-15-11-12-21(28(15)20(26)29,27-13-16-3-7-18(30-2)8-4-16)14-31-19-9-5-17(6-10-19)22(23,24)25/h3-10,15,27H,11-14H2,1-2H3,(H2,26,29). The molecule has 0 aliphatic carbocycles. The van der Waals surface area contributed by atoms with Gasteiger partial charge in [0.25, 0.3) is 0 Å². The molecular formula is C22H26F3N3O3. The topological polar surface area (TPSA) is 76.8 Å². The van der Waals surface area contributed by atoms with Gasteiger partial charge in [0.2, 0.25) is 0 Å². The predicted octanol–water partition coefficient (Wildman–Crippen LogP) is 4.14. The second-order valence-electron chi connectivity index (χ2n) is 7.64. The van der Waals surface area contributed by atoms with Crippen molar-refractivity contribution in [1.82, 2.24) is 10.2 Å². The molecule has 3 N–H and O–H groups in total. The number of carbonyl (C=O) groups excluding carboxylic acids is 1. The zero-order valence-corrected chi connectivity index (χ0v) is 17.4. The van der Waals surface area contributed by atoms with Crippen LogP contribution in [0.2, 0.25) is 0 Å². The molecular weight excluding hydrogens is 411 g/mol. The Kier molecular flexibility index (Phi) is 6.64. The zero-order chi connectivity index (χ0) is 22.6. The third kappa shape index (κ3) is 5.22. The van der Waals surface area contributed by atoms with Crippen molar-refractivity contribution < 1.29 is 27.4 Å². The highest BCUT2D eigenvalue weighted by atomic mass is 19.4. The van der Waals surface area contributed by atoms with Crippen molar-refractivity contribution in [3.63, 3.8) is 0 Å². The fourth-order valence-corrected chi connectivity index (χ4v) is 3.87. The molecule has 2 amide bonds. The molecule has 2 aromatic rings. The number of methoxy groups -OCH3 is 1. The van der Waals surface area contributed by atoms with Crippen LogP contribution in [0, 0.1) is 0 Å². The van der Waals surface area contributed by atoms with Crippen molar-refractivity contribution >= 4 is 6.03 Å². The first-order valence-corrected chi connectivity index (χ1v) is 9.91. The molecule has 3 rings (SSSR count). The molecule has 2 aromatic carbocycles. The van der Waals surface area contributed by atoms with Gasteiger partial charge >= 0.3 is 12.2 Å². The lowest BCUT2D eigenvalue weighted by atomic mass is 10.1. The lowest BCUT2D eigenvalue weighted by Crippen LogP contribution is -2.63. The summed E-state index contributed by atoms with van der Waals surface area (Å²) in [6, 6.07) is 11.3. The van der Waals surface area contributed by atoms with Gasteiger partial charge in [0, 0.05) is 12.6 Å². The number of rotatable bonds is 7. The molecule has 31 heavy (non-hydrogen) atoms. The van der Waals surface area contributed by atoms with Crippen LogP contribution in [0.1, 0.15) is 30.9 Å². The van der Waals surface area contributed by atoms with E-state index in [4.69, 9.17) is 15.2 Å². The van der Waals surface area contributed by atoms with E-state index in [1.165, 1.54) is 12.1 Å². The van der Waals surface area contributed by atoms with E-state index in [-0.39, 0.29) is 18.4 Å². The van der Waals surface area contributed by atoms with Crippen molar-refractivity contribution in [2.24, 2.45) is 5.73 Å². The number of halogens is 3. The highest BCUT2D eigenvalue weighted by Crippen LogP contribution is 2.34. The summed E-state index contributed by atoms with van der Waals surface area (Å²) in [5.41, 5.74) is 5.00. The van der Waals surface area contributed by atoms with E-state index in [0.717, 1.165) is 29.9 Å². The fourth-order valence-electron chi connectivity index (χ4n) is 3.87. The number of nitrogens with one attached hydrogen (secondary N) is 1. The van der Waals surface area contributed by atoms with Gasteiger partial charge in [-0.15, -0.1) is 0 Å². The Labute approximate surface area is 179 Å².